The first-order valence-electron chi connectivity index (χ1n) is 2.81. The fraction of sp³-hybridized carbons (Fsp3) is 0.167. The summed E-state index contributed by atoms with van der Waals surface area (Å²) in [5.41, 5.74) is 5.20. The van der Waals surface area contributed by atoms with Crippen molar-refractivity contribution < 1.29 is 8.78 Å². The van der Waals surface area contributed by atoms with Crippen LogP contribution in [-0.4, -0.2) is 4.98 Å². The zero-order valence-corrected chi connectivity index (χ0v) is 7.55. The zero-order chi connectivity index (χ0) is 8.43. The molecule has 1 rings (SSSR count). The fourth-order valence-electron chi connectivity index (χ4n) is 0.622. The predicted molar refractivity (Wildman–Crippen MR) is 46.3 cm³/mol. The van der Waals surface area contributed by atoms with E-state index >= 15 is 0 Å². The van der Waals surface area contributed by atoms with E-state index in [-0.39, 0.29) is 15.1 Å². The summed E-state index contributed by atoms with van der Waals surface area (Å²) in [6, 6.07) is 2.65. The normalized spacial score (nSPS) is 10.5. The third kappa shape index (κ3) is 1.98. The maximum atomic E-state index is 12.1. The molecule has 0 saturated heterocycles. The quantitative estimate of drug-likeness (QED) is 0.627. The Bertz CT molecular complexity index is 265. The summed E-state index contributed by atoms with van der Waals surface area (Å²) in [6.45, 7) is 0. The largest absolute Gasteiger partial charge is 0.384 e. The molecule has 0 saturated carbocycles. The number of hydrogen-bond acceptors (Lipinski definition) is 2. The van der Waals surface area contributed by atoms with Crippen LogP contribution < -0.4 is 5.73 Å². The van der Waals surface area contributed by atoms with Crippen LogP contribution in [0.15, 0.2) is 12.1 Å². The molecule has 0 atom stereocenters. The van der Waals surface area contributed by atoms with Crippen LogP contribution in [0.5, 0.6) is 0 Å². The van der Waals surface area contributed by atoms with Gasteiger partial charge in [-0.25, -0.2) is 13.8 Å². The van der Waals surface area contributed by atoms with E-state index in [1.54, 1.807) is 22.6 Å². The number of rotatable bonds is 1. The van der Waals surface area contributed by atoms with Crippen LogP contribution in [0, 0.1) is 3.70 Å². The Morgan fingerprint density at radius 3 is 2.55 bits per heavy atom. The molecule has 0 fully saturated rings. The van der Waals surface area contributed by atoms with Gasteiger partial charge in [-0.05, 0) is 34.7 Å². The third-order valence-electron chi connectivity index (χ3n) is 1.13. The summed E-state index contributed by atoms with van der Waals surface area (Å²) in [5, 5.41) is 0. The van der Waals surface area contributed by atoms with E-state index < -0.39 is 6.43 Å². The van der Waals surface area contributed by atoms with Crippen molar-refractivity contribution in [3.8, 4) is 0 Å². The van der Waals surface area contributed by atoms with Crippen molar-refractivity contribution in [2.24, 2.45) is 0 Å². The molecular weight excluding hydrogens is 265 g/mol. The lowest BCUT2D eigenvalue weighted by molar-refractivity contribution is 0.150. The van der Waals surface area contributed by atoms with Gasteiger partial charge < -0.3 is 5.73 Å². The molecule has 0 radical (unpaired) electrons. The molecule has 0 aromatic carbocycles. The van der Waals surface area contributed by atoms with Gasteiger partial charge in [0.1, 0.15) is 9.52 Å². The number of alkyl halides is 2. The topological polar surface area (TPSA) is 38.9 Å². The molecule has 0 unspecified atom stereocenters. The predicted octanol–water partition coefficient (Wildman–Crippen LogP) is 2.21. The summed E-state index contributed by atoms with van der Waals surface area (Å²) in [6.07, 6.45) is -2.48. The molecule has 11 heavy (non-hydrogen) atoms. The van der Waals surface area contributed by atoms with Crippen LogP contribution in [-0.2, 0) is 0 Å². The minimum absolute atomic E-state index is 0.0696. The third-order valence-corrected chi connectivity index (χ3v) is 2.00. The second kappa shape index (κ2) is 3.29. The number of hydrogen-bond donors (Lipinski definition) is 1. The minimum Gasteiger partial charge on any atom is -0.384 e. The molecule has 0 spiro atoms. The summed E-state index contributed by atoms with van der Waals surface area (Å²) < 4.78 is 24.4. The van der Waals surface area contributed by atoms with Crippen LogP contribution in [0.3, 0.4) is 0 Å². The molecule has 2 N–H and O–H groups in total. The summed E-state index contributed by atoms with van der Waals surface area (Å²) in [7, 11) is 0. The van der Waals surface area contributed by atoms with Crippen molar-refractivity contribution in [3.05, 3.63) is 21.4 Å². The Balaban J connectivity index is 3.09. The van der Waals surface area contributed by atoms with Crippen LogP contribution >= 0.6 is 22.6 Å². The maximum Gasteiger partial charge on any atom is 0.266 e. The van der Waals surface area contributed by atoms with E-state index in [1.165, 1.54) is 12.1 Å². The van der Waals surface area contributed by atoms with E-state index in [9.17, 15) is 8.78 Å². The van der Waals surface area contributed by atoms with Gasteiger partial charge in [-0.3, -0.25) is 0 Å². The zero-order valence-electron chi connectivity index (χ0n) is 5.39. The van der Waals surface area contributed by atoms with E-state index in [2.05, 4.69) is 4.98 Å². The molecule has 0 aliphatic rings. The molecule has 1 aromatic rings. The fourth-order valence-corrected chi connectivity index (χ4v) is 1.32. The van der Waals surface area contributed by atoms with E-state index in [1.807, 2.05) is 0 Å². The monoisotopic (exact) mass is 270 g/mol. The highest BCUT2D eigenvalue weighted by Gasteiger charge is 2.11. The van der Waals surface area contributed by atoms with Gasteiger partial charge in [-0.2, -0.15) is 0 Å². The lowest BCUT2D eigenvalue weighted by atomic mass is 10.3. The Morgan fingerprint density at radius 1 is 1.45 bits per heavy atom. The Hall–Kier alpha value is -0.460. The van der Waals surface area contributed by atoms with Gasteiger partial charge in [0.25, 0.3) is 6.43 Å². The second-order valence-corrected chi connectivity index (χ2v) is 2.94. The van der Waals surface area contributed by atoms with E-state index in [0.717, 1.165) is 0 Å². The molecule has 2 nitrogen and oxygen atoms in total. The Labute approximate surface area is 75.9 Å². The standard InChI is InChI=1S/C6H5F2IN2/c7-5(8)3-1-2-4(10)11-6(3)9/h1-2,5H,(H2,10,11). The number of nitrogen functional groups attached to an aromatic ring is 1. The summed E-state index contributed by atoms with van der Waals surface area (Å²) >= 11 is 1.73. The van der Waals surface area contributed by atoms with Gasteiger partial charge in [0.15, 0.2) is 0 Å². The Morgan fingerprint density at radius 2 is 2.09 bits per heavy atom. The van der Waals surface area contributed by atoms with Crippen molar-refractivity contribution in [1.82, 2.24) is 4.98 Å². The van der Waals surface area contributed by atoms with Gasteiger partial charge in [0.2, 0.25) is 0 Å². The maximum absolute atomic E-state index is 12.1. The first kappa shape index (κ1) is 8.63. The SMILES string of the molecule is Nc1ccc(C(F)F)c(I)n1. The molecular formula is C6H5F2IN2. The van der Waals surface area contributed by atoms with Gasteiger partial charge >= 0.3 is 0 Å². The lowest BCUT2D eigenvalue weighted by Gasteiger charge is -2.01. The van der Waals surface area contributed by atoms with Crippen LogP contribution in [0.4, 0.5) is 14.6 Å². The number of halogens is 3. The van der Waals surface area contributed by atoms with Crippen LogP contribution in [0.2, 0.25) is 0 Å². The van der Waals surface area contributed by atoms with Gasteiger partial charge in [0, 0.05) is 5.56 Å². The lowest BCUT2D eigenvalue weighted by Crippen LogP contribution is -1.96. The average Bonchev–Trinajstić information content (AvgIpc) is 1.85. The number of aromatic nitrogens is 1. The van der Waals surface area contributed by atoms with Crippen molar-refractivity contribution in [3.63, 3.8) is 0 Å². The van der Waals surface area contributed by atoms with Crippen molar-refractivity contribution in [1.29, 1.82) is 0 Å². The van der Waals surface area contributed by atoms with Gasteiger partial charge in [-0.15, -0.1) is 0 Å². The molecule has 0 aliphatic heterocycles. The van der Waals surface area contributed by atoms with Gasteiger partial charge in [0.05, 0.1) is 0 Å². The average molecular weight is 270 g/mol. The first-order chi connectivity index (χ1) is 5.11. The highest BCUT2D eigenvalue weighted by atomic mass is 127. The smallest absolute Gasteiger partial charge is 0.266 e. The highest BCUT2D eigenvalue weighted by molar-refractivity contribution is 14.1. The molecule has 1 aromatic heterocycles. The molecule has 0 amide bonds. The van der Waals surface area contributed by atoms with Gasteiger partial charge in [-0.1, -0.05) is 0 Å². The first-order valence-corrected chi connectivity index (χ1v) is 3.89. The number of pyridine rings is 1. The molecule has 5 heteroatoms. The van der Waals surface area contributed by atoms with Crippen molar-refractivity contribution in [2.75, 3.05) is 5.73 Å². The van der Waals surface area contributed by atoms with Crippen LogP contribution in [0.25, 0.3) is 0 Å². The summed E-state index contributed by atoms with van der Waals surface area (Å²) in [4.78, 5) is 3.68. The Kier molecular flexibility index (Phi) is 2.58. The number of nitrogens with zero attached hydrogens (tertiary/aromatic N) is 1. The van der Waals surface area contributed by atoms with Crippen molar-refractivity contribution >= 4 is 28.4 Å². The summed E-state index contributed by atoms with van der Waals surface area (Å²) in [5.74, 6) is 0.263. The highest BCUT2D eigenvalue weighted by Crippen LogP contribution is 2.23. The molecule has 1 heterocycles. The molecule has 0 aliphatic carbocycles. The second-order valence-electron chi connectivity index (χ2n) is 1.92. The molecule has 0 bridgehead atoms. The van der Waals surface area contributed by atoms with Crippen LogP contribution in [0.1, 0.15) is 12.0 Å². The molecule has 60 valence electrons. The van der Waals surface area contributed by atoms with E-state index in [0.29, 0.717) is 0 Å². The number of anilines is 1. The van der Waals surface area contributed by atoms with Crippen molar-refractivity contribution in [2.45, 2.75) is 6.43 Å². The van der Waals surface area contributed by atoms with E-state index in [4.69, 9.17) is 5.73 Å². The number of nitrogens with two attached hydrogens (primary N) is 1. The minimum atomic E-state index is -2.48.